The summed E-state index contributed by atoms with van der Waals surface area (Å²) in [5.74, 6) is 0. The van der Waals surface area contributed by atoms with E-state index in [0.29, 0.717) is 12.8 Å². The highest BCUT2D eigenvalue weighted by molar-refractivity contribution is 5.18. The van der Waals surface area contributed by atoms with E-state index in [2.05, 4.69) is 0 Å². The van der Waals surface area contributed by atoms with Crippen LogP contribution < -0.4 is 0 Å². The molecule has 0 aromatic rings. The van der Waals surface area contributed by atoms with Gasteiger partial charge in [-0.3, -0.25) is 0 Å². The summed E-state index contributed by atoms with van der Waals surface area (Å²) in [5, 5.41) is 29.3. The van der Waals surface area contributed by atoms with Gasteiger partial charge in [-0.05, 0) is 33.6 Å². The Morgan fingerprint density at radius 2 is 1.69 bits per heavy atom. The lowest BCUT2D eigenvalue weighted by Gasteiger charge is -2.41. The molecule has 0 amide bonds. The third-order valence-electron chi connectivity index (χ3n) is 2.79. The first-order chi connectivity index (χ1) is 5.66. The van der Waals surface area contributed by atoms with E-state index in [1.807, 2.05) is 0 Å². The lowest BCUT2D eigenvalue weighted by atomic mass is 9.75. The van der Waals surface area contributed by atoms with Crippen LogP contribution in [0.2, 0.25) is 0 Å². The molecule has 0 fully saturated rings. The van der Waals surface area contributed by atoms with E-state index >= 15 is 0 Å². The summed E-state index contributed by atoms with van der Waals surface area (Å²) >= 11 is 0. The van der Waals surface area contributed by atoms with Gasteiger partial charge in [0.2, 0.25) is 0 Å². The molecule has 3 heteroatoms. The monoisotopic (exact) mass is 186 g/mol. The van der Waals surface area contributed by atoms with E-state index in [9.17, 15) is 15.3 Å². The third kappa shape index (κ3) is 2.10. The first-order valence-corrected chi connectivity index (χ1v) is 4.54. The molecule has 13 heavy (non-hydrogen) atoms. The molecule has 1 aliphatic carbocycles. The molecule has 0 heterocycles. The first-order valence-electron chi connectivity index (χ1n) is 4.54. The van der Waals surface area contributed by atoms with Crippen LogP contribution in [0.4, 0.5) is 0 Å². The zero-order valence-electron chi connectivity index (χ0n) is 8.41. The van der Waals surface area contributed by atoms with Crippen LogP contribution in [-0.2, 0) is 0 Å². The molecule has 3 N–H and O–H groups in total. The van der Waals surface area contributed by atoms with Crippen molar-refractivity contribution in [3.05, 3.63) is 12.2 Å². The molecule has 1 aliphatic rings. The predicted molar refractivity (Wildman–Crippen MR) is 50.2 cm³/mol. The van der Waals surface area contributed by atoms with E-state index in [1.54, 1.807) is 26.8 Å². The van der Waals surface area contributed by atoms with Gasteiger partial charge in [-0.1, -0.05) is 12.2 Å². The van der Waals surface area contributed by atoms with Crippen LogP contribution in [0.3, 0.4) is 0 Å². The SMILES string of the molecule is CC(C)(O)[C@@]1(O)C=C[C@](C)(O)CC1. The van der Waals surface area contributed by atoms with Crippen LogP contribution >= 0.6 is 0 Å². The van der Waals surface area contributed by atoms with Gasteiger partial charge in [0.1, 0.15) is 5.60 Å². The van der Waals surface area contributed by atoms with Gasteiger partial charge in [0.05, 0.1) is 11.2 Å². The molecule has 1 rings (SSSR count). The van der Waals surface area contributed by atoms with Crippen LogP contribution in [0.25, 0.3) is 0 Å². The van der Waals surface area contributed by atoms with Crippen molar-refractivity contribution >= 4 is 0 Å². The molecule has 3 nitrogen and oxygen atoms in total. The molecule has 0 aliphatic heterocycles. The van der Waals surface area contributed by atoms with Crippen molar-refractivity contribution in [2.75, 3.05) is 0 Å². The number of aliphatic hydroxyl groups is 3. The molecule has 0 radical (unpaired) electrons. The highest BCUT2D eigenvalue weighted by Crippen LogP contribution is 2.35. The van der Waals surface area contributed by atoms with Crippen LogP contribution in [0.1, 0.15) is 33.6 Å². The van der Waals surface area contributed by atoms with Gasteiger partial charge < -0.3 is 15.3 Å². The van der Waals surface area contributed by atoms with E-state index in [1.165, 1.54) is 6.08 Å². The van der Waals surface area contributed by atoms with E-state index < -0.39 is 16.8 Å². The summed E-state index contributed by atoms with van der Waals surface area (Å²) in [6.45, 7) is 4.82. The van der Waals surface area contributed by atoms with Gasteiger partial charge in [0, 0.05) is 0 Å². The fraction of sp³-hybridized carbons (Fsp3) is 0.800. The number of hydrogen-bond acceptors (Lipinski definition) is 3. The highest BCUT2D eigenvalue weighted by Gasteiger charge is 2.43. The molecule has 0 spiro atoms. The maximum Gasteiger partial charge on any atom is 0.111 e. The maximum absolute atomic E-state index is 9.99. The molecular weight excluding hydrogens is 168 g/mol. The maximum atomic E-state index is 9.99. The Morgan fingerprint density at radius 3 is 2.00 bits per heavy atom. The fourth-order valence-corrected chi connectivity index (χ4v) is 1.44. The Morgan fingerprint density at radius 1 is 1.15 bits per heavy atom. The summed E-state index contributed by atoms with van der Waals surface area (Å²) in [4.78, 5) is 0. The number of hydrogen-bond donors (Lipinski definition) is 3. The summed E-state index contributed by atoms with van der Waals surface area (Å²) in [7, 11) is 0. The second-order valence-electron chi connectivity index (χ2n) is 4.67. The lowest BCUT2D eigenvalue weighted by molar-refractivity contribution is -0.117. The minimum atomic E-state index is -1.21. The normalized spacial score (nSPS) is 40.8. The number of rotatable bonds is 1. The minimum Gasteiger partial charge on any atom is -0.387 e. The lowest BCUT2D eigenvalue weighted by Crippen LogP contribution is -2.51. The van der Waals surface area contributed by atoms with Crippen LogP contribution in [-0.4, -0.2) is 32.1 Å². The second-order valence-corrected chi connectivity index (χ2v) is 4.67. The summed E-state index contributed by atoms with van der Waals surface area (Å²) < 4.78 is 0. The Bertz CT molecular complexity index is 225. The quantitative estimate of drug-likeness (QED) is 0.525. The molecule has 0 bridgehead atoms. The van der Waals surface area contributed by atoms with Gasteiger partial charge in [-0.25, -0.2) is 0 Å². The van der Waals surface area contributed by atoms with Gasteiger partial charge in [0.15, 0.2) is 0 Å². The van der Waals surface area contributed by atoms with Crippen molar-refractivity contribution in [2.24, 2.45) is 0 Å². The van der Waals surface area contributed by atoms with Crippen LogP contribution in [0.15, 0.2) is 12.2 Å². The molecule has 0 saturated heterocycles. The van der Waals surface area contributed by atoms with Gasteiger partial charge in [-0.15, -0.1) is 0 Å². The smallest absolute Gasteiger partial charge is 0.111 e. The molecule has 0 aromatic carbocycles. The first kappa shape index (κ1) is 10.7. The Labute approximate surface area is 78.7 Å². The standard InChI is InChI=1S/C10H18O3/c1-8(2,11)10(13)6-4-9(3,12)5-7-10/h4,6,11-13H,5,7H2,1-3H3/t9-,10+/m0/s1. The average Bonchev–Trinajstić information content (AvgIpc) is 1.94. The highest BCUT2D eigenvalue weighted by atomic mass is 16.4. The largest absolute Gasteiger partial charge is 0.387 e. The molecule has 0 aromatic heterocycles. The van der Waals surface area contributed by atoms with Crippen molar-refractivity contribution in [3.63, 3.8) is 0 Å². The molecule has 2 atom stereocenters. The average molecular weight is 186 g/mol. The predicted octanol–water partition coefficient (Wildman–Crippen LogP) is 0.589. The summed E-state index contributed by atoms with van der Waals surface area (Å²) in [5.41, 5.74) is -3.23. The van der Waals surface area contributed by atoms with Crippen molar-refractivity contribution in [3.8, 4) is 0 Å². The third-order valence-corrected chi connectivity index (χ3v) is 2.79. The summed E-state index contributed by atoms with van der Waals surface area (Å²) in [6.07, 6.45) is 3.88. The summed E-state index contributed by atoms with van der Waals surface area (Å²) in [6, 6.07) is 0. The van der Waals surface area contributed by atoms with Gasteiger partial charge in [-0.2, -0.15) is 0 Å². The van der Waals surface area contributed by atoms with Crippen LogP contribution in [0.5, 0.6) is 0 Å². The molecule has 76 valence electrons. The van der Waals surface area contributed by atoms with E-state index in [0.717, 1.165) is 0 Å². The minimum absolute atomic E-state index is 0.375. The topological polar surface area (TPSA) is 60.7 Å². The van der Waals surface area contributed by atoms with Crippen molar-refractivity contribution < 1.29 is 15.3 Å². The van der Waals surface area contributed by atoms with E-state index in [-0.39, 0.29) is 0 Å². The zero-order chi connectivity index (χ0) is 10.3. The molecular formula is C10H18O3. The van der Waals surface area contributed by atoms with Gasteiger partial charge >= 0.3 is 0 Å². The fourth-order valence-electron chi connectivity index (χ4n) is 1.44. The second kappa shape index (κ2) is 2.80. The molecule has 0 saturated carbocycles. The molecule has 0 unspecified atom stereocenters. The Kier molecular flexibility index (Phi) is 2.31. The van der Waals surface area contributed by atoms with Crippen molar-refractivity contribution in [1.29, 1.82) is 0 Å². The van der Waals surface area contributed by atoms with Crippen molar-refractivity contribution in [1.82, 2.24) is 0 Å². The van der Waals surface area contributed by atoms with Crippen molar-refractivity contribution in [2.45, 2.75) is 50.4 Å². The van der Waals surface area contributed by atoms with E-state index in [4.69, 9.17) is 0 Å². The van der Waals surface area contributed by atoms with Crippen LogP contribution in [0, 0.1) is 0 Å². The zero-order valence-corrected chi connectivity index (χ0v) is 8.41. The Balaban J connectivity index is 2.88. The van der Waals surface area contributed by atoms with Gasteiger partial charge in [0.25, 0.3) is 0 Å². The Hall–Kier alpha value is -0.380.